The topological polar surface area (TPSA) is 3.24 Å². The molecule has 0 aliphatic heterocycles. The van der Waals surface area contributed by atoms with Gasteiger partial charge in [0.15, 0.2) is 0 Å². The average molecular weight is 508 g/mol. The molecule has 6 saturated carbocycles. The Morgan fingerprint density at radius 2 is 0.946 bits per heavy atom. The SMILES string of the molecule is C(=C(C1CCCCC1)C1CCCCC1)C1CCC(N(C2CCCCC2)C2CCCC3CCCCC32)CC1. The Morgan fingerprint density at radius 1 is 0.432 bits per heavy atom. The van der Waals surface area contributed by atoms with Crippen LogP contribution < -0.4 is 0 Å². The molecule has 6 aliphatic carbocycles. The second-order valence-electron chi connectivity index (χ2n) is 14.9. The first kappa shape index (κ1) is 26.9. The number of hydrogen-bond donors (Lipinski definition) is 0. The van der Waals surface area contributed by atoms with E-state index < -0.39 is 0 Å². The largest absolute Gasteiger partial charge is 0.294 e. The van der Waals surface area contributed by atoms with Gasteiger partial charge in [0.25, 0.3) is 0 Å². The summed E-state index contributed by atoms with van der Waals surface area (Å²) in [6.45, 7) is 0. The molecule has 6 fully saturated rings. The van der Waals surface area contributed by atoms with Crippen LogP contribution in [-0.2, 0) is 0 Å². The molecule has 0 radical (unpaired) electrons. The van der Waals surface area contributed by atoms with E-state index in [0.29, 0.717) is 0 Å². The van der Waals surface area contributed by atoms with Crippen molar-refractivity contribution in [2.24, 2.45) is 29.6 Å². The minimum absolute atomic E-state index is 0.900. The molecule has 0 spiro atoms. The smallest absolute Gasteiger partial charge is 0.0132 e. The third-order valence-corrected chi connectivity index (χ3v) is 12.7. The van der Waals surface area contributed by atoms with Gasteiger partial charge in [-0.3, -0.25) is 4.90 Å². The molecule has 0 bridgehead atoms. The van der Waals surface area contributed by atoms with E-state index in [2.05, 4.69) is 11.0 Å². The molecule has 210 valence electrons. The average Bonchev–Trinajstić information content (AvgIpc) is 2.98. The van der Waals surface area contributed by atoms with Crippen molar-refractivity contribution in [2.75, 3.05) is 0 Å². The number of nitrogens with zero attached hydrogens (tertiary/aromatic N) is 1. The number of allylic oxidation sites excluding steroid dienone is 2. The van der Waals surface area contributed by atoms with E-state index in [-0.39, 0.29) is 0 Å². The van der Waals surface area contributed by atoms with E-state index in [1.54, 1.807) is 19.3 Å². The molecule has 1 heteroatoms. The van der Waals surface area contributed by atoms with Gasteiger partial charge in [0, 0.05) is 18.1 Å². The number of hydrogen-bond acceptors (Lipinski definition) is 1. The molecule has 0 aromatic rings. The van der Waals surface area contributed by atoms with Gasteiger partial charge in [-0.1, -0.05) is 102 Å². The maximum absolute atomic E-state index is 3.28. The summed E-state index contributed by atoms with van der Waals surface area (Å²) in [5.41, 5.74) is 1.99. The molecular formula is C36H61N. The first-order valence-electron chi connectivity index (χ1n) is 17.9. The summed E-state index contributed by atoms with van der Waals surface area (Å²) in [5, 5.41) is 0. The summed E-state index contributed by atoms with van der Waals surface area (Å²) in [6.07, 6.45) is 42.3. The minimum Gasteiger partial charge on any atom is -0.294 e. The van der Waals surface area contributed by atoms with Crippen molar-refractivity contribution in [3.05, 3.63) is 11.6 Å². The normalized spacial score (nSPS) is 37.3. The van der Waals surface area contributed by atoms with Crippen LogP contribution in [0.2, 0.25) is 0 Å². The monoisotopic (exact) mass is 507 g/mol. The van der Waals surface area contributed by atoms with Gasteiger partial charge in [-0.2, -0.15) is 0 Å². The third kappa shape index (κ3) is 6.55. The van der Waals surface area contributed by atoms with Crippen LogP contribution in [-0.4, -0.2) is 23.0 Å². The van der Waals surface area contributed by atoms with Crippen molar-refractivity contribution >= 4 is 0 Å². The van der Waals surface area contributed by atoms with E-state index in [1.807, 2.05) is 5.57 Å². The van der Waals surface area contributed by atoms with Crippen LogP contribution in [0.15, 0.2) is 11.6 Å². The quantitative estimate of drug-likeness (QED) is 0.323. The maximum atomic E-state index is 3.28. The van der Waals surface area contributed by atoms with Crippen LogP contribution in [0.5, 0.6) is 0 Å². The molecule has 0 amide bonds. The van der Waals surface area contributed by atoms with Gasteiger partial charge in [0.05, 0.1) is 0 Å². The second kappa shape index (κ2) is 13.4. The van der Waals surface area contributed by atoms with Crippen LogP contribution >= 0.6 is 0 Å². The fraction of sp³-hybridized carbons (Fsp3) is 0.944. The first-order chi connectivity index (χ1) is 18.4. The van der Waals surface area contributed by atoms with Gasteiger partial charge in [-0.25, -0.2) is 0 Å². The number of rotatable bonds is 6. The molecule has 1 nitrogen and oxygen atoms in total. The molecule has 0 aromatic carbocycles. The zero-order chi connectivity index (χ0) is 24.9. The summed E-state index contributed by atoms with van der Waals surface area (Å²) in [5.74, 6) is 4.94. The molecule has 0 N–H and O–H groups in total. The third-order valence-electron chi connectivity index (χ3n) is 12.7. The van der Waals surface area contributed by atoms with E-state index in [1.165, 1.54) is 148 Å². The fourth-order valence-electron chi connectivity index (χ4n) is 10.8. The lowest BCUT2D eigenvalue weighted by molar-refractivity contribution is -0.0342. The lowest BCUT2D eigenvalue weighted by Crippen LogP contribution is -2.56. The first-order valence-corrected chi connectivity index (χ1v) is 17.9. The highest BCUT2D eigenvalue weighted by atomic mass is 15.2. The molecule has 3 atom stereocenters. The van der Waals surface area contributed by atoms with Crippen molar-refractivity contribution in [1.29, 1.82) is 0 Å². The molecular weight excluding hydrogens is 446 g/mol. The highest BCUT2D eigenvalue weighted by Gasteiger charge is 2.43. The standard InChI is InChI=1S/C36H61N/c1-4-13-30(14-5-1)35(31-15-6-2-7-16-31)27-28-23-25-33(26-24-28)37(32-19-8-3-9-20-32)36-22-12-18-29-17-10-11-21-34(29)36/h27-34,36H,1-26H2. The van der Waals surface area contributed by atoms with E-state index in [4.69, 9.17) is 0 Å². The Kier molecular flexibility index (Phi) is 9.72. The van der Waals surface area contributed by atoms with Crippen LogP contribution in [0.25, 0.3) is 0 Å². The van der Waals surface area contributed by atoms with E-state index in [0.717, 1.165) is 47.7 Å². The maximum Gasteiger partial charge on any atom is 0.0132 e. The van der Waals surface area contributed by atoms with Gasteiger partial charge in [-0.05, 0) is 107 Å². The predicted molar refractivity (Wildman–Crippen MR) is 159 cm³/mol. The van der Waals surface area contributed by atoms with Gasteiger partial charge in [-0.15, -0.1) is 0 Å². The molecule has 0 heterocycles. The molecule has 6 rings (SSSR count). The summed E-state index contributed by atoms with van der Waals surface area (Å²) in [7, 11) is 0. The van der Waals surface area contributed by atoms with Gasteiger partial charge >= 0.3 is 0 Å². The Labute approximate surface area is 231 Å². The summed E-state index contributed by atoms with van der Waals surface area (Å²) in [6, 6.07) is 2.78. The van der Waals surface area contributed by atoms with Crippen LogP contribution in [0, 0.1) is 29.6 Å². The van der Waals surface area contributed by atoms with E-state index >= 15 is 0 Å². The Hall–Kier alpha value is -0.300. The van der Waals surface area contributed by atoms with E-state index in [9.17, 15) is 0 Å². The second-order valence-corrected chi connectivity index (χ2v) is 14.9. The Bertz CT molecular complexity index is 676. The fourth-order valence-corrected chi connectivity index (χ4v) is 10.8. The summed E-state index contributed by atoms with van der Waals surface area (Å²) < 4.78 is 0. The summed E-state index contributed by atoms with van der Waals surface area (Å²) in [4.78, 5) is 3.28. The Balaban J connectivity index is 1.16. The molecule has 0 saturated heterocycles. The lowest BCUT2D eigenvalue weighted by atomic mass is 9.66. The van der Waals surface area contributed by atoms with Crippen LogP contribution in [0.1, 0.15) is 167 Å². The minimum atomic E-state index is 0.900. The van der Waals surface area contributed by atoms with Gasteiger partial charge < -0.3 is 0 Å². The van der Waals surface area contributed by atoms with Crippen molar-refractivity contribution in [1.82, 2.24) is 4.90 Å². The zero-order valence-electron chi connectivity index (χ0n) is 24.5. The van der Waals surface area contributed by atoms with Gasteiger partial charge in [0.1, 0.15) is 0 Å². The summed E-state index contributed by atoms with van der Waals surface area (Å²) >= 11 is 0. The van der Waals surface area contributed by atoms with Crippen molar-refractivity contribution in [3.63, 3.8) is 0 Å². The molecule has 37 heavy (non-hydrogen) atoms. The lowest BCUT2D eigenvalue weighted by Gasteiger charge is -2.53. The van der Waals surface area contributed by atoms with Crippen molar-refractivity contribution in [3.8, 4) is 0 Å². The Morgan fingerprint density at radius 3 is 1.59 bits per heavy atom. The van der Waals surface area contributed by atoms with Crippen molar-refractivity contribution < 1.29 is 0 Å². The number of fused-ring (bicyclic) bond motifs is 1. The highest BCUT2D eigenvalue weighted by molar-refractivity contribution is 5.15. The molecule has 0 aromatic heterocycles. The molecule has 3 unspecified atom stereocenters. The van der Waals surface area contributed by atoms with Crippen LogP contribution in [0.3, 0.4) is 0 Å². The highest BCUT2D eigenvalue weighted by Crippen LogP contribution is 2.47. The molecule has 6 aliphatic rings. The van der Waals surface area contributed by atoms with Crippen molar-refractivity contribution in [2.45, 2.75) is 185 Å². The van der Waals surface area contributed by atoms with Crippen LogP contribution in [0.4, 0.5) is 0 Å². The predicted octanol–water partition coefficient (Wildman–Crippen LogP) is 10.6. The zero-order valence-corrected chi connectivity index (χ0v) is 24.5. The van der Waals surface area contributed by atoms with Gasteiger partial charge in [0.2, 0.25) is 0 Å².